The predicted molar refractivity (Wildman–Crippen MR) is 482 cm³/mol. The van der Waals surface area contributed by atoms with Gasteiger partial charge in [-0.15, -0.1) is 11.8 Å². The predicted octanol–water partition coefficient (Wildman–Crippen LogP) is -0.767. The number of carbonyl (C=O) groups is 17. The number of phenolic OH excluding ortho intramolecular Hbond substituents is 1. The molecule has 5 aromatic rings. The van der Waals surface area contributed by atoms with Crippen LogP contribution in [-0.4, -0.2) is 290 Å². The van der Waals surface area contributed by atoms with Gasteiger partial charge in [-0.3, -0.25) is 81.5 Å². The van der Waals surface area contributed by atoms with Crippen LogP contribution < -0.4 is 76.1 Å². The van der Waals surface area contributed by atoms with Crippen LogP contribution in [0.2, 0.25) is 0 Å². The molecule has 0 spiro atoms. The summed E-state index contributed by atoms with van der Waals surface area (Å²) in [5, 5.41) is 38.6. The van der Waals surface area contributed by atoms with E-state index >= 15 is 33.6 Å². The molecule has 40 heteroatoms. The van der Waals surface area contributed by atoms with Crippen molar-refractivity contribution in [2.24, 2.45) is 34.8 Å². The van der Waals surface area contributed by atoms with Gasteiger partial charge in [-0.05, 0) is 124 Å². The van der Waals surface area contributed by atoms with E-state index in [9.17, 15) is 53.1 Å². The van der Waals surface area contributed by atoms with Gasteiger partial charge in [0, 0.05) is 100.0 Å². The Morgan fingerprint density at radius 3 is 1.50 bits per heavy atom. The van der Waals surface area contributed by atoms with Crippen molar-refractivity contribution in [1.29, 1.82) is 0 Å². The summed E-state index contributed by atoms with van der Waals surface area (Å²) >= 11 is 0.808. The molecule has 3 aromatic carbocycles. The third-order valence-corrected chi connectivity index (χ3v) is 24.6. The summed E-state index contributed by atoms with van der Waals surface area (Å²) in [6.45, 7) is 10.7. The van der Waals surface area contributed by atoms with E-state index in [2.05, 4.69) is 63.1 Å². The Morgan fingerprint density at radius 2 is 0.953 bits per heavy atom. The average molecular weight is 1810 g/mol. The minimum absolute atomic E-state index is 0.0156. The van der Waals surface area contributed by atoms with E-state index in [1.165, 1.54) is 67.0 Å². The number of nitrogens with zero attached hydrogens (tertiary/aromatic N) is 5. The lowest BCUT2D eigenvalue weighted by Crippen LogP contribution is -2.62. The van der Waals surface area contributed by atoms with Gasteiger partial charge in [0.15, 0.2) is 0 Å². The number of carbonyl (C=O) groups excluding carboxylic acids is 17. The Kier molecular flexibility index (Phi) is 38.7. The van der Waals surface area contributed by atoms with E-state index in [0.717, 1.165) is 21.6 Å². The summed E-state index contributed by atoms with van der Waals surface area (Å²) in [5.41, 5.74) is 26.6. The highest BCUT2D eigenvalue weighted by molar-refractivity contribution is 8.00. The molecule has 0 unspecified atom stereocenters. The summed E-state index contributed by atoms with van der Waals surface area (Å²) in [6.07, 6.45) is 4.36. The number of aromatic amines is 2. The Morgan fingerprint density at radius 1 is 0.488 bits per heavy atom. The third kappa shape index (κ3) is 28.4. The van der Waals surface area contributed by atoms with Crippen LogP contribution in [0.25, 0.3) is 21.8 Å². The molecule has 8 rings (SSSR count). The molecule has 704 valence electrons. The van der Waals surface area contributed by atoms with Crippen LogP contribution in [0.15, 0.2) is 85.2 Å². The number of unbranched alkanes of at least 4 members (excludes halogenated alkanes) is 2. The standard InChI is InChI=1S/C89H129N21O18S/c1-11-13-25-69-82(121)99-61(37-49(3)4)79(118)105-68(77(116)96-46-74(93)113)47-129-48-75(114)97-64(39-52-29-31-55(111)32-30-52)85(124)106(8)51(7)76(115)101-66(42-73(92)112)88(127)110-36-20-28-71(110)84(123)104-67(43-91)81(120)102-63(38-50(5)6)87(126)109-35-19-27-70(109)83(122)100-62(40-53-44-94-58-23-17-15-21-56(53)58)80(119)98-60(33-34-90)78(117)103-65(41-54-45-95-59-24-18-16-22-57(54)59)86(125)108(10)72(26-14-12-2)89(128)107(69)9/h15-18,21-24,29-32,44-45,49-51,60-72,94-95,111H,11-14,19-20,25-28,33-43,46-48,90-91H2,1-10H3,(H2,92,112)(H2,93,113)(H,96,116)(H,97,114)(H,98,119)(H,99,121)(H,100,122)(H,101,115)(H,102,120)(H,103,117)(H,104,123)(H,105,118)/t51-,60-,61-,62-,63-,64-,65-,66-,67-,68-,69-,70-,71-,72-/m0/s1. The molecule has 3 fully saturated rings. The molecular formula is C89H129N21O18S. The molecule has 39 nitrogen and oxygen atoms in total. The fraction of sp³-hybridized carbons (Fsp3) is 0.562. The van der Waals surface area contributed by atoms with Crippen LogP contribution in [0.3, 0.4) is 0 Å². The monoisotopic (exact) mass is 1810 g/mol. The van der Waals surface area contributed by atoms with Gasteiger partial charge >= 0.3 is 0 Å². The number of nitrogens with one attached hydrogen (secondary N) is 12. The molecule has 3 saturated heterocycles. The second kappa shape index (κ2) is 48.8. The Hall–Kier alpha value is -12.2. The lowest BCUT2D eigenvalue weighted by Gasteiger charge is -2.36. The van der Waals surface area contributed by atoms with Crippen LogP contribution in [0.5, 0.6) is 5.75 Å². The molecular weight excluding hydrogens is 1680 g/mol. The Balaban J connectivity index is 1.18. The number of benzene rings is 3. The molecule has 0 bridgehead atoms. The highest BCUT2D eigenvalue weighted by atomic mass is 32.2. The first-order valence-electron chi connectivity index (χ1n) is 44.2. The van der Waals surface area contributed by atoms with E-state index < -0.39 is 210 Å². The van der Waals surface area contributed by atoms with Gasteiger partial charge in [-0.1, -0.05) is 116 Å². The second-order valence-corrected chi connectivity index (χ2v) is 35.3. The van der Waals surface area contributed by atoms with Crippen molar-refractivity contribution < 1.29 is 86.6 Å². The molecule has 129 heavy (non-hydrogen) atoms. The first-order valence-corrected chi connectivity index (χ1v) is 45.4. The minimum Gasteiger partial charge on any atom is -0.508 e. The molecule has 14 atom stereocenters. The number of amides is 17. The SMILES string of the molecule is CCCC[C@H]1C(=O)N(C)[C@@H](CCCC)C(=O)N[C@@H](CC(C)C)C(=O)N[C@H](C(=O)NCC(N)=O)CSCC(=O)N[C@@H](Cc2ccc(O)cc2)C(=O)N(C)[C@@H](C)C(=O)N[C@@H](CC(N)=O)C(=O)N2CCC[C@H]2C(=O)N[C@@H](CN)C(=O)N[C@@H](CC(C)C)C(=O)N2CCC[C@H]2C(=O)N[C@@H](Cc2c[nH]c3ccccc23)C(=O)N[C@@H](CCN)C(=O)N[C@@H](Cc2c[nH]c3ccccc23)C(=O)N1C. The molecule has 3 aliphatic rings. The van der Waals surface area contributed by atoms with Crippen molar-refractivity contribution in [3.8, 4) is 5.75 Å². The molecule has 2 aromatic heterocycles. The molecule has 5 heterocycles. The third-order valence-electron chi connectivity index (χ3n) is 23.5. The van der Waals surface area contributed by atoms with Crippen molar-refractivity contribution >= 4 is 134 Å². The zero-order valence-electron chi connectivity index (χ0n) is 75.1. The van der Waals surface area contributed by atoms with Crippen molar-refractivity contribution in [2.75, 3.05) is 65.4 Å². The second-order valence-electron chi connectivity index (χ2n) is 34.3. The molecule has 21 N–H and O–H groups in total. The number of phenols is 1. The fourth-order valence-electron chi connectivity index (χ4n) is 16.3. The highest BCUT2D eigenvalue weighted by Crippen LogP contribution is 2.28. The van der Waals surface area contributed by atoms with Crippen molar-refractivity contribution in [1.82, 2.24) is 87.6 Å². The quantitative estimate of drug-likeness (QED) is 0.0361. The van der Waals surface area contributed by atoms with Crippen LogP contribution >= 0.6 is 11.8 Å². The molecule has 17 amide bonds. The number of hydrogen-bond acceptors (Lipinski definition) is 21. The summed E-state index contributed by atoms with van der Waals surface area (Å²) in [5.74, 6) is -16.2. The minimum atomic E-state index is -1.74. The zero-order chi connectivity index (χ0) is 94.6. The molecule has 0 radical (unpaired) electrons. The average Bonchev–Trinajstić information content (AvgIpc) is 1.55. The lowest BCUT2D eigenvalue weighted by atomic mass is 9.99. The number of fused-ring (bicyclic) bond motifs is 4. The smallest absolute Gasteiger partial charge is 0.246 e. The summed E-state index contributed by atoms with van der Waals surface area (Å²) in [7, 11) is 4.05. The number of rotatable bonds is 24. The van der Waals surface area contributed by atoms with Gasteiger partial charge in [0.1, 0.15) is 90.3 Å². The van der Waals surface area contributed by atoms with E-state index in [0.29, 0.717) is 70.6 Å². The lowest BCUT2D eigenvalue weighted by molar-refractivity contribution is -0.149. The van der Waals surface area contributed by atoms with Crippen LogP contribution in [0.1, 0.15) is 155 Å². The fourth-order valence-corrected chi connectivity index (χ4v) is 17.2. The number of hydrogen-bond donors (Lipinski definition) is 17. The first-order chi connectivity index (χ1) is 61.4. The molecule has 0 aliphatic carbocycles. The number of primary amides is 2. The molecule has 3 aliphatic heterocycles. The number of aromatic nitrogens is 2. The topological polar surface area (TPSA) is 583 Å². The largest absolute Gasteiger partial charge is 0.508 e. The van der Waals surface area contributed by atoms with Crippen molar-refractivity contribution in [3.05, 3.63) is 102 Å². The number of likely N-dealkylation sites (N-methyl/N-ethyl adjacent to an activating group) is 3. The first kappa shape index (κ1) is 102. The van der Waals surface area contributed by atoms with E-state index in [4.69, 9.17) is 22.9 Å². The van der Waals surface area contributed by atoms with Gasteiger partial charge in [-0.25, -0.2) is 0 Å². The number of aromatic hydroxyl groups is 1. The summed E-state index contributed by atoms with van der Waals surface area (Å²) in [6, 6.07) is 0.00373. The van der Waals surface area contributed by atoms with Gasteiger partial charge in [0.2, 0.25) is 100 Å². The van der Waals surface area contributed by atoms with Crippen LogP contribution in [-0.2, 0) is 101 Å². The van der Waals surface area contributed by atoms with Gasteiger partial charge in [0.25, 0.3) is 0 Å². The van der Waals surface area contributed by atoms with E-state index in [-0.39, 0.29) is 114 Å². The Labute approximate surface area is 754 Å². The highest BCUT2D eigenvalue weighted by Gasteiger charge is 2.45. The maximum absolute atomic E-state index is 15.8. The Bertz CT molecular complexity index is 4810. The zero-order valence-corrected chi connectivity index (χ0v) is 75.9. The maximum atomic E-state index is 15.8. The van der Waals surface area contributed by atoms with E-state index in [1.54, 1.807) is 58.3 Å². The number of thioether (sulfide) groups is 1. The molecule has 0 saturated carbocycles. The number of para-hydroxylation sites is 2. The van der Waals surface area contributed by atoms with Crippen LogP contribution in [0, 0.1) is 11.8 Å². The number of H-pyrrole nitrogens is 2. The normalized spacial score (nSPS) is 24.9. The maximum Gasteiger partial charge on any atom is 0.246 e. The van der Waals surface area contributed by atoms with Gasteiger partial charge in [0.05, 0.1) is 18.7 Å². The summed E-state index contributed by atoms with van der Waals surface area (Å²) in [4.78, 5) is 261. The van der Waals surface area contributed by atoms with Gasteiger partial charge in [-0.2, -0.15) is 0 Å². The number of nitrogens with two attached hydrogens (primary N) is 4. The van der Waals surface area contributed by atoms with E-state index in [1.807, 2.05) is 44.2 Å². The van der Waals surface area contributed by atoms with Crippen LogP contribution in [0.4, 0.5) is 0 Å². The van der Waals surface area contributed by atoms with Crippen molar-refractivity contribution in [3.63, 3.8) is 0 Å². The van der Waals surface area contributed by atoms with Crippen molar-refractivity contribution in [2.45, 2.75) is 242 Å². The summed E-state index contributed by atoms with van der Waals surface area (Å²) < 4.78 is 0. The van der Waals surface area contributed by atoms with Gasteiger partial charge < -0.3 is 116 Å².